The molecule has 7 heteroatoms. The van der Waals surface area contributed by atoms with Crippen molar-refractivity contribution >= 4 is 23.7 Å². The molecule has 0 unspecified atom stereocenters. The normalized spacial score (nSPS) is 31.2. The van der Waals surface area contributed by atoms with Gasteiger partial charge in [-0.2, -0.15) is 0 Å². The number of Topliss-reactive ketones (excluding diaryl/α,β-unsaturated/α-hetero) is 1. The van der Waals surface area contributed by atoms with Crippen molar-refractivity contribution in [2.45, 2.75) is 71.8 Å². The summed E-state index contributed by atoms with van der Waals surface area (Å²) < 4.78 is 16.2. The van der Waals surface area contributed by atoms with Crippen LogP contribution < -0.4 is 9.47 Å². The van der Waals surface area contributed by atoms with Crippen molar-refractivity contribution in [2.24, 2.45) is 17.3 Å². The zero-order chi connectivity index (χ0) is 22.5. The Labute approximate surface area is 181 Å². The molecule has 5 atom stereocenters. The first-order valence-electron chi connectivity index (χ1n) is 10.9. The van der Waals surface area contributed by atoms with Crippen LogP contribution in [0, 0.1) is 17.3 Å². The Hall–Kier alpha value is -2.70. The highest BCUT2D eigenvalue weighted by Crippen LogP contribution is 2.61. The SMILES string of the molecule is CC(=O)Oc1cc2c(c(OC(C)=O)c1)[C@H]1CC[C@]3(C)C(=O)[C@@H](OC(C)=O)C[C@H]3[C@H]1CC2. The van der Waals surface area contributed by atoms with Gasteiger partial charge in [0.1, 0.15) is 11.5 Å². The highest BCUT2D eigenvalue weighted by molar-refractivity contribution is 5.93. The average Bonchev–Trinajstić information content (AvgIpc) is 2.91. The Morgan fingerprint density at radius 3 is 2.35 bits per heavy atom. The largest absolute Gasteiger partial charge is 0.455 e. The molecule has 1 aromatic carbocycles. The number of carbonyl (C=O) groups excluding carboxylic acids is 4. The van der Waals surface area contributed by atoms with Gasteiger partial charge in [0, 0.05) is 37.8 Å². The lowest BCUT2D eigenvalue weighted by molar-refractivity contribution is -0.153. The van der Waals surface area contributed by atoms with Crippen LogP contribution in [0.3, 0.4) is 0 Å². The number of ether oxygens (including phenoxy) is 3. The van der Waals surface area contributed by atoms with E-state index in [0.29, 0.717) is 24.3 Å². The van der Waals surface area contributed by atoms with E-state index in [1.54, 1.807) is 6.07 Å². The molecular weight excluding hydrogens is 400 g/mol. The number of ketones is 1. The average molecular weight is 428 g/mol. The van der Waals surface area contributed by atoms with E-state index in [1.165, 1.54) is 20.8 Å². The highest BCUT2D eigenvalue weighted by Gasteiger charge is 2.59. The molecule has 2 saturated carbocycles. The zero-order valence-corrected chi connectivity index (χ0v) is 18.4. The van der Waals surface area contributed by atoms with Gasteiger partial charge in [0.25, 0.3) is 0 Å². The molecule has 4 rings (SSSR count). The fourth-order valence-corrected chi connectivity index (χ4v) is 6.19. The van der Waals surface area contributed by atoms with Crippen LogP contribution in [0.2, 0.25) is 0 Å². The third-order valence-corrected chi connectivity index (χ3v) is 7.29. The molecule has 2 fully saturated rings. The molecule has 0 amide bonds. The molecule has 3 aliphatic carbocycles. The number of hydrogen-bond acceptors (Lipinski definition) is 7. The summed E-state index contributed by atoms with van der Waals surface area (Å²) >= 11 is 0. The molecule has 0 aliphatic heterocycles. The van der Waals surface area contributed by atoms with E-state index in [0.717, 1.165) is 30.4 Å². The van der Waals surface area contributed by atoms with Crippen molar-refractivity contribution < 1.29 is 33.4 Å². The molecule has 0 saturated heterocycles. The van der Waals surface area contributed by atoms with E-state index in [4.69, 9.17) is 14.2 Å². The van der Waals surface area contributed by atoms with Gasteiger partial charge in [-0.05, 0) is 61.5 Å². The molecule has 1 aromatic rings. The summed E-state index contributed by atoms with van der Waals surface area (Å²) in [6.45, 7) is 6.03. The number of fused-ring (bicyclic) bond motifs is 5. The number of benzene rings is 1. The van der Waals surface area contributed by atoms with Crippen LogP contribution in [0.5, 0.6) is 11.5 Å². The van der Waals surface area contributed by atoms with Crippen molar-refractivity contribution in [1.82, 2.24) is 0 Å². The Morgan fingerprint density at radius 2 is 1.71 bits per heavy atom. The van der Waals surface area contributed by atoms with E-state index in [1.807, 2.05) is 13.0 Å². The van der Waals surface area contributed by atoms with E-state index < -0.39 is 29.4 Å². The highest BCUT2D eigenvalue weighted by atomic mass is 16.6. The molecule has 0 radical (unpaired) electrons. The predicted molar refractivity (Wildman–Crippen MR) is 110 cm³/mol. The van der Waals surface area contributed by atoms with Gasteiger partial charge in [-0.1, -0.05) is 6.92 Å². The summed E-state index contributed by atoms with van der Waals surface area (Å²) in [5, 5.41) is 0. The van der Waals surface area contributed by atoms with Gasteiger partial charge in [0.2, 0.25) is 0 Å². The maximum absolute atomic E-state index is 13.1. The smallest absolute Gasteiger partial charge is 0.308 e. The molecule has 31 heavy (non-hydrogen) atoms. The number of carbonyl (C=O) groups is 4. The summed E-state index contributed by atoms with van der Waals surface area (Å²) in [6.07, 6.45) is 2.96. The fourth-order valence-electron chi connectivity index (χ4n) is 6.19. The van der Waals surface area contributed by atoms with Crippen molar-refractivity contribution in [2.75, 3.05) is 0 Å². The summed E-state index contributed by atoms with van der Waals surface area (Å²) in [6, 6.07) is 3.47. The van der Waals surface area contributed by atoms with Gasteiger partial charge < -0.3 is 14.2 Å². The second-order valence-corrected chi connectivity index (χ2v) is 9.25. The Kier molecular flexibility index (Phi) is 5.40. The Bertz CT molecular complexity index is 965. The van der Waals surface area contributed by atoms with Gasteiger partial charge in [0.15, 0.2) is 11.9 Å². The van der Waals surface area contributed by atoms with Crippen LogP contribution in [0.1, 0.15) is 70.4 Å². The zero-order valence-electron chi connectivity index (χ0n) is 18.4. The number of esters is 3. The van der Waals surface area contributed by atoms with Crippen LogP contribution in [-0.4, -0.2) is 29.8 Å². The maximum Gasteiger partial charge on any atom is 0.308 e. The number of hydrogen-bond donors (Lipinski definition) is 0. The van der Waals surface area contributed by atoms with Crippen LogP contribution in [-0.2, 0) is 30.3 Å². The second-order valence-electron chi connectivity index (χ2n) is 9.25. The topological polar surface area (TPSA) is 96.0 Å². The molecule has 0 spiro atoms. The molecule has 3 aliphatic rings. The van der Waals surface area contributed by atoms with Gasteiger partial charge in [0.05, 0.1) is 0 Å². The summed E-state index contributed by atoms with van der Waals surface area (Å²) in [5.74, 6) is -0.00462. The second kappa shape index (κ2) is 7.77. The van der Waals surface area contributed by atoms with Crippen LogP contribution >= 0.6 is 0 Å². The van der Waals surface area contributed by atoms with Gasteiger partial charge in [-0.25, -0.2) is 0 Å². The minimum absolute atomic E-state index is 0.0300. The minimum atomic E-state index is -0.674. The van der Waals surface area contributed by atoms with Crippen LogP contribution in [0.25, 0.3) is 0 Å². The predicted octanol–water partition coefficient (Wildman–Crippen LogP) is 3.50. The van der Waals surface area contributed by atoms with Gasteiger partial charge in [-0.15, -0.1) is 0 Å². The molecular formula is C24H28O7. The first-order valence-corrected chi connectivity index (χ1v) is 10.9. The van der Waals surface area contributed by atoms with Crippen LogP contribution in [0.4, 0.5) is 0 Å². The van der Waals surface area contributed by atoms with Crippen molar-refractivity contribution in [3.8, 4) is 11.5 Å². The molecule has 7 nitrogen and oxygen atoms in total. The Morgan fingerprint density at radius 1 is 1.00 bits per heavy atom. The summed E-state index contributed by atoms with van der Waals surface area (Å²) in [7, 11) is 0. The summed E-state index contributed by atoms with van der Waals surface area (Å²) in [4.78, 5) is 47.8. The van der Waals surface area contributed by atoms with Gasteiger partial charge in [-0.3, -0.25) is 19.2 Å². The lowest BCUT2D eigenvalue weighted by Crippen LogP contribution is -2.43. The summed E-state index contributed by atoms with van der Waals surface area (Å²) in [5.41, 5.74) is 1.49. The Balaban J connectivity index is 1.71. The van der Waals surface area contributed by atoms with E-state index in [-0.39, 0.29) is 23.5 Å². The van der Waals surface area contributed by atoms with E-state index >= 15 is 0 Å². The van der Waals surface area contributed by atoms with Crippen molar-refractivity contribution in [1.29, 1.82) is 0 Å². The first-order chi connectivity index (χ1) is 14.6. The first kappa shape index (κ1) is 21.5. The molecule has 0 N–H and O–H groups in total. The third kappa shape index (κ3) is 3.75. The molecule has 0 heterocycles. The lowest BCUT2D eigenvalue weighted by atomic mass is 9.55. The van der Waals surface area contributed by atoms with E-state index in [2.05, 4.69) is 0 Å². The molecule has 166 valence electrons. The van der Waals surface area contributed by atoms with E-state index in [9.17, 15) is 19.2 Å². The molecule has 0 aromatic heterocycles. The fraction of sp³-hybridized carbons (Fsp3) is 0.583. The van der Waals surface area contributed by atoms with Crippen molar-refractivity contribution in [3.63, 3.8) is 0 Å². The minimum Gasteiger partial charge on any atom is -0.455 e. The number of aryl methyl sites for hydroxylation is 1. The lowest BCUT2D eigenvalue weighted by Gasteiger charge is -2.48. The quantitative estimate of drug-likeness (QED) is 0.537. The molecule has 0 bridgehead atoms. The van der Waals surface area contributed by atoms with Gasteiger partial charge >= 0.3 is 17.9 Å². The van der Waals surface area contributed by atoms with Crippen molar-refractivity contribution in [3.05, 3.63) is 23.3 Å². The monoisotopic (exact) mass is 428 g/mol. The number of rotatable bonds is 3. The third-order valence-electron chi connectivity index (χ3n) is 7.29. The maximum atomic E-state index is 13.1. The van der Waals surface area contributed by atoms with Crippen LogP contribution in [0.15, 0.2) is 12.1 Å². The standard InChI is InChI=1S/C24H28O7/c1-12(25)29-16-9-15-5-6-17-18(22(15)20(10-16)30-13(2)26)7-8-24(4)19(17)11-21(23(24)28)31-14(3)27/h9-10,17-19,21H,5-8,11H2,1-4H3/t17-,18-,19-,21-,24-/m0/s1.